The van der Waals surface area contributed by atoms with Gasteiger partial charge in [-0.15, -0.1) is 0 Å². The molecule has 0 saturated heterocycles. The molecule has 0 aliphatic rings. The van der Waals surface area contributed by atoms with Crippen molar-refractivity contribution in [3.05, 3.63) is 65.7 Å². The highest BCUT2D eigenvalue weighted by Crippen LogP contribution is 2.34. The second-order valence-electron chi connectivity index (χ2n) is 4.26. The molecule has 0 unspecified atom stereocenters. The summed E-state index contributed by atoms with van der Waals surface area (Å²) < 4.78 is 5.89. The molecule has 0 aliphatic heterocycles. The third kappa shape index (κ3) is 2.35. The molecule has 2 N–H and O–H groups in total. The molecular weight excluding hydrogens is 258 g/mol. The summed E-state index contributed by atoms with van der Waals surface area (Å²) in [6.07, 6.45) is 0. The number of nitrogen functional groups attached to an aromatic ring is 1. The molecule has 0 aliphatic carbocycles. The fourth-order valence-electron chi connectivity index (χ4n) is 2.00. The average Bonchev–Trinajstić information content (AvgIpc) is 2.43. The van der Waals surface area contributed by atoms with E-state index in [1.807, 2.05) is 42.5 Å². The molecule has 0 amide bonds. The minimum Gasteiger partial charge on any atom is -0.454 e. The molecule has 3 aromatic carbocycles. The van der Waals surface area contributed by atoms with E-state index in [2.05, 4.69) is 0 Å². The Morgan fingerprint density at radius 2 is 1.63 bits per heavy atom. The smallest absolute Gasteiger partial charge is 0.151 e. The van der Waals surface area contributed by atoms with Gasteiger partial charge < -0.3 is 10.5 Å². The van der Waals surface area contributed by atoms with Gasteiger partial charge >= 0.3 is 0 Å². The zero-order chi connectivity index (χ0) is 13.2. The van der Waals surface area contributed by atoms with Gasteiger partial charge in [-0.3, -0.25) is 0 Å². The lowest BCUT2D eigenvalue weighted by Crippen LogP contribution is -1.92. The van der Waals surface area contributed by atoms with Crippen LogP contribution < -0.4 is 10.5 Å². The maximum atomic E-state index is 5.97. The van der Waals surface area contributed by atoms with Crippen molar-refractivity contribution in [3.8, 4) is 11.5 Å². The molecule has 94 valence electrons. The fourth-order valence-corrected chi connectivity index (χ4v) is 2.16. The topological polar surface area (TPSA) is 35.2 Å². The van der Waals surface area contributed by atoms with E-state index in [0.29, 0.717) is 16.5 Å². The van der Waals surface area contributed by atoms with Crippen molar-refractivity contribution >= 4 is 28.1 Å². The standard InChI is InChI=1S/C16H12ClNO/c17-12-8-9-14(18)16(10-12)19-15-7-3-5-11-4-1-2-6-13(11)15/h1-10H,18H2. The Hall–Kier alpha value is -2.19. The number of fused-ring (bicyclic) bond motifs is 1. The number of hydrogen-bond acceptors (Lipinski definition) is 2. The van der Waals surface area contributed by atoms with Crippen LogP contribution in [-0.4, -0.2) is 0 Å². The lowest BCUT2D eigenvalue weighted by Gasteiger charge is -2.11. The molecule has 3 heteroatoms. The van der Waals surface area contributed by atoms with Crippen molar-refractivity contribution in [2.45, 2.75) is 0 Å². The fraction of sp³-hybridized carbons (Fsp3) is 0. The van der Waals surface area contributed by atoms with Gasteiger partial charge in [0.1, 0.15) is 5.75 Å². The Bertz CT molecular complexity index is 734. The molecule has 0 atom stereocenters. The number of hydrogen-bond donors (Lipinski definition) is 1. The number of rotatable bonds is 2. The summed E-state index contributed by atoms with van der Waals surface area (Å²) in [5.74, 6) is 1.34. The first-order valence-corrected chi connectivity index (χ1v) is 6.32. The van der Waals surface area contributed by atoms with Crippen LogP contribution in [0.2, 0.25) is 5.02 Å². The molecule has 0 radical (unpaired) electrons. The predicted octanol–water partition coefficient (Wildman–Crippen LogP) is 4.87. The summed E-state index contributed by atoms with van der Waals surface area (Å²) in [4.78, 5) is 0. The molecule has 0 spiro atoms. The number of nitrogens with two attached hydrogens (primary N) is 1. The normalized spacial score (nSPS) is 10.6. The molecule has 0 fully saturated rings. The Morgan fingerprint density at radius 3 is 2.53 bits per heavy atom. The van der Waals surface area contributed by atoms with E-state index in [9.17, 15) is 0 Å². The Morgan fingerprint density at radius 1 is 0.842 bits per heavy atom. The highest BCUT2D eigenvalue weighted by atomic mass is 35.5. The molecule has 0 saturated carbocycles. The average molecular weight is 270 g/mol. The molecule has 3 aromatic rings. The molecule has 0 bridgehead atoms. The van der Waals surface area contributed by atoms with Crippen molar-refractivity contribution in [1.29, 1.82) is 0 Å². The molecule has 3 rings (SSSR count). The van der Waals surface area contributed by atoms with Crippen molar-refractivity contribution in [1.82, 2.24) is 0 Å². The van der Waals surface area contributed by atoms with E-state index in [0.717, 1.165) is 16.5 Å². The van der Waals surface area contributed by atoms with E-state index < -0.39 is 0 Å². The predicted molar refractivity (Wildman–Crippen MR) is 79.9 cm³/mol. The van der Waals surface area contributed by atoms with Gasteiger partial charge in [0, 0.05) is 16.5 Å². The van der Waals surface area contributed by atoms with Crippen molar-refractivity contribution in [2.24, 2.45) is 0 Å². The first kappa shape index (κ1) is 11.9. The summed E-state index contributed by atoms with van der Waals surface area (Å²) in [5, 5.41) is 2.77. The van der Waals surface area contributed by atoms with Crippen LogP contribution in [-0.2, 0) is 0 Å². The summed E-state index contributed by atoms with van der Waals surface area (Å²) in [6.45, 7) is 0. The lowest BCUT2D eigenvalue weighted by molar-refractivity contribution is 0.491. The maximum Gasteiger partial charge on any atom is 0.151 e. The Balaban J connectivity index is 2.08. The summed E-state index contributed by atoms with van der Waals surface area (Å²) in [7, 11) is 0. The number of benzene rings is 3. The van der Waals surface area contributed by atoms with Gasteiger partial charge in [0.05, 0.1) is 5.69 Å². The monoisotopic (exact) mass is 269 g/mol. The SMILES string of the molecule is Nc1ccc(Cl)cc1Oc1cccc2ccccc12. The molecule has 19 heavy (non-hydrogen) atoms. The minimum atomic E-state index is 0.567. The van der Waals surface area contributed by atoms with Crippen LogP contribution in [0.1, 0.15) is 0 Å². The summed E-state index contributed by atoms with van der Waals surface area (Å²) >= 11 is 5.97. The van der Waals surface area contributed by atoms with Gasteiger partial charge in [-0.05, 0) is 23.6 Å². The van der Waals surface area contributed by atoms with Crippen molar-refractivity contribution in [2.75, 3.05) is 5.73 Å². The zero-order valence-electron chi connectivity index (χ0n) is 10.1. The van der Waals surface area contributed by atoms with Crippen LogP contribution in [0.3, 0.4) is 0 Å². The van der Waals surface area contributed by atoms with Crippen molar-refractivity contribution in [3.63, 3.8) is 0 Å². The van der Waals surface area contributed by atoms with Crippen LogP contribution >= 0.6 is 11.6 Å². The minimum absolute atomic E-state index is 0.567. The quantitative estimate of drug-likeness (QED) is 0.674. The third-order valence-electron chi connectivity index (χ3n) is 2.95. The van der Waals surface area contributed by atoms with Gasteiger partial charge in [-0.1, -0.05) is 48.0 Å². The van der Waals surface area contributed by atoms with Gasteiger partial charge in [0.2, 0.25) is 0 Å². The lowest BCUT2D eigenvalue weighted by atomic mass is 10.1. The van der Waals surface area contributed by atoms with Crippen LogP contribution in [0, 0.1) is 0 Å². The summed E-state index contributed by atoms with van der Waals surface area (Å²) in [5.41, 5.74) is 6.46. The highest BCUT2D eigenvalue weighted by Gasteiger charge is 2.06. The second kappa shape index (κ2) is 4.82. The molecule has 0 heterocycles. The molecular formula is C16H12ClNO. The molecule has 0 aromatic heterocycles. The first-order chi connectivity index (χ1) is 9.24. The van der Waals surface area contributed by atoms with Crippen LogP contribution in [0.15, 0.2) is 60.7 Å². The van der Waals surface area contributed by atoms with E-state index in [-0.39, 0.29) is 0 Å². The van der Waals surface area contributed by atoms with Gasteiger partial charge in [0.25, 0.3) is 0 Å². The van der Waals surface area contributed by atoms with Gasteiger partial charge in [-0.25, -0.2) is 0 Å². The van der Waals surface area contributed by atoms with Crippen LogP contribution in [0.5, 0.6) is 11.5 Å². The maximum absolute atomic E-state index is 5.97. The highest BCUT2D eigenvalue weighted by molar-refractivity contribution is 6.30. The van der Waals surface area contributed by atoms with Gasteiger partial charge in [0.15, 0.2) is 5.75 Å². The van der Waals surface area contributed by atoms with E-state index >= 15 is 0 Å². The van der Waals surface area contributed by atoms with E-state index in [1.54, 1.807) is 18.2 Å². The van der Waals surface area contributed by atoms with E-state index in [1.165, 1.54) is 0 Å². The van der Waals surface area contributed by atoms with Crippen LogP contribution in [0.4, 0.5) is 5.69 Å². The van der Waals surface area contributed by atoms with Crippen LogP contribution in [0.25, 0.3) is 10.8 Å². The largest absolute Gasteiger partial charge is 0.454 e. The van der Waals surface area contributed by atoms with E-state index in [4.69, 9.17) is 22.1 Å². The van der Waals surface area contributed by atoms with Gasteiger partial charge in [-0.2, -0.15) is 0 Å². The van der Waals surface area contributed by atoms with Crippen molar-refractivity contribution < 1.29 is 4.74 Å². The number of halogens is 1. The Labute approximate surface area is 116 Å². The Kier molecular flexibility index (Phi) is 3.02. The second-order valence-corrected chi connectivity index (χ2v) is 4.70. The summed E-state index contributed by atoms with van der Waals surface area (Å²) in [6, 6.07) is 19.2. The first-order valence-electron chi connectivity index (χ1n) is 5.95. The molecule has 2 nitrogen and oxygen atoms in total. The third-order valence-corrected chi connectivity index (χ3v) is 3.18. The zero-order valence-corrected chi connectivity index (χ0v) is 10.9. The number of ether oxygens (including phenoxy) is 1. The number of anilines is 1.